The first-order valence-electron chi connectivity index (χ1n) is 10.1. The third kappa shape index (κ3) is 4.05. The predicted molar refractivity (Wildman–Crippen MR) is 118 cm³/mol. The molecule has 4 N–H and O–H groups in total. The molecule has 4 rings (SSSR count). The lowest BCUT2D eigenvalue weighted by Crippen LogP contribution is -2.41. The standard InChI is InChI=1S/C23H25N5O2/c24-21-15-28(19-7-2-1-3-8-19)20(14-26-21)17-5-4-6-18(13-17)23(30)27-11-9-16(10-12-27)22(25)29/h1-8,13-14,16H,9-12,15H2,(H2,24,26)(H2,25,29). The van der Waals surface area contributed by atoms with Gasteiger partial charge in [0.1, 0.15) is 5.84 Å². The highest BCUT2D eigenvalue weighted by molar-refractivity contribution is 5.98. The van der Waals surface area contributed by atoms with Gasteiger partial charge in [0.2, 0.25) is 5.91 Å². The summed E-state index contributed by atoms with van der Waals surface area (Å²) < 4.78 is 0. The third-order valence-electron chi connectivity index (χ3n) is 5.62. The van der Waals surface area contributed by atoms with Crippen LogP contribution < -0.4 is 16.4 Å². The number of hydrogen-bond donors (Lipinski definition) is 2. The Balaban J connectivity index is 1.58. The van der Waals surface area contributed by atoms with E-state index in [2.05, 4.69) is 9.89 Å². The number of amides is 2. The van der Waals surface area contributed by atoms with Crippen molar-refractivity contribution in [1.29, 1.82) is 0 Å². The second-order valence-electron chi connectivity index (χ2n) is 7.61. The van der Waals surface area contributed by atoms with Gasteiger partial charge in [0.15, 0.2) is 0 Å². The number of piperidine rings is 1. The van der Waals surface area contributed by atoms with Crippen molar-refractivity contribution in [2.75, 3.05) is 24.5 Å². The number of likely N-dealkylation sites (tertiary alicyclic amines) is 1. The number of amidine groups is 1. The van der Waals surface area contributed by atoms with E-state index in [1.54, 1.807) is 11.1 Å². The van der Waals surface area contributed by atoms with Gasteiger partial charge in [0.05, 0.1) is 18.4 Å². The molecule has 2 aliphatic heterocycles. The number of carbonyl (C=O) groups excluding carboxylic acids is 2. The number of primary amides is 1. The van der Waals surface area contributed by atoms with Gasteiger partial charge in [-0.2, -0.15) is 0 Å². The normalized spacial score (nSPS) is 17.3. The molecule has 0 aromatic heterocycles. The number of anilines is 1. The molecule has 2 aliphatic rings. The monoisotopic (exact) mass is 403 g/mol. The molecule has 1 saturated heterocycles. The fourth-order valence-electron chi connectivity index (χ4n) is 3.93. The van der Waals surface area contributed by atoms with Gasteiger partial charge < -0.3 is 21.3 Å². The third-order valence-corrected chi connectivity index (χ3v) is 5.62. The lowest BCUT2D eigenvalue weighted by Gasteiger charge is -2.31. The van der Waals surface area contributed by atoms with Crippen LogP contribution in [0.3, 0.4) is 0 Å². The van der Waals surface area contributed by atoms with E-state index in [4.69, 9.17) is 11.5 Å². The Morgan fingerprint density at radius 1 is 1.00 bits per heavy atom. The molecule has 1 fully saturated rings. The van der Waals surface area contributed by atoms with Crippen LogP contribution in [0.4, 0.5) is 5.69 Å². The number of nitrogens with two attached hydrogens (primary N) is 2. The first kappa shape index (κ1) is 19.7. The summed E-state index contributed by atoms with van der Waals surface area (Å²) in [5.41, 5.74) is 14.8. The molecule has 7 nitrogen and oxygen atoms in total. The molecule has 0 radical (unpaired) electrons. The average Bonchev–Trinajstić information content (AvgIpc) is 2.79. The van der Waals surface area contributed by atoms with Gasteiger partial charge in [-0.15, -0.1) is 0 Å². The van der Waals surface area contributed by atoms with Gasteiger partial charge in [-0.25, -0.2) is 4.99 Å². The molecule has 2 amide bonds. The summed E-state index contributed by atoms with van der Waals surface area (Å²) in [5, 5.41) is 0. The summed E-state index contributed by atoms with van der Waals surface area (Å²) in [7, 11) is 0. The second-order valence-corrected chi connectivity index (χ2v) is 7.61. The van der Waals surface area contributed by atoms with Crippen molar-refractivity contribution in [2.24, 2.45) is 22.4 Å². The minimum atomic E-state index is -0.283. The fraction of sp³-hybridized carbons (Fsp3) is 0.261. The molecule has 7 heteroatoms. The van der Waals surface area contributed by atoms with Crippen molar-refractivity contribution in [3.63, 3.8) is 0 Å². The zero-order chi connectivity index (χ0) is 21.1. The first-order chi connectivity index (χ1) is 14.5. The first-order valence-corrected chi connectivity index (χ1v) is 10.1. The Labute approximate surface area is 175 Å². The van der Waals surface area contributed by atoms with Gasteiger partial charge in [0.25, 0.3) is 5.91 Å². The highest BCUT2D eigenvalue weighted by atomic mass is 16.2. The molecule has 0 spiro atoms. The van der Waals surface area contributed by atoms with Crippen LogP contribution in [0.25, 0.3) is 5.70 Å². The van der Waals surface area contributed by atoms with Crippen LogP contribution in [-0.2, 0) is 4.79 Å². The van der Waals surface area contributed by atoms with Crippen molar-refractivity contribution in [2.45, 2.75) is 12.8 Å². The van der Waals surface area contributed by atoms with Crippen LogP contribution >= 0.6 is 0 Å². The average molecular weight is 403 g/mol. The zero-order valence-electron chi connectivity index (χ0n) is 16.7. The van der Waals surface area contributed by atoms with E-state index < -0.39 is 0 Å². The van der Waals surface area contributed by atoms with Crippen LogP contribution in [0, 0.1) is 5.92 Å². The van der Waals surface area contributed by atoms with E-state index in [1.807, 2.05) is 54.6 Å². The molecule has 30 heavy (non-hydrogen) atoms. The Morgan fingerprint density at radius 3 is 2.43 bits per heavy atom. The highest BCUT2D eigenvalue weighted by Gasteiger charge is 2.27. The van der Waals surface area contributed by atoms with E-state index in [0.29, 0.717) is 43.9 Å². The summed E-state index contributed by atoms with van der Waals surface area (Å²) >= 11 is 0. The van der Waals surface area contributed by atoms with Gasteiger partial charge in [0, 0.05) is 35.8 Å². The van der Waals surface area contributed by atoms with E-state index in [-0.39, 0.29) is 17.7 Å². The Kier molecular flexibility index (Phi) is 5.52. The highest BCUT2D eigenvalue weighted by Crippen LogP contribution is 2.29. The summed E-state index contributed by atoms with van der Waals surface area (Å²) in [5.74, 6) is 0.0716. The number of hydrogen-bond acceptors (Lipinski definition) is 5. The number of para-hydroxylation sites is 1. The molecule has 0 atom stereocenters. The van der Waals surface area contributed by atoms with E-state index in [0.717, 1.165) is 16.9 Å². The van der Waals surface area contributed by atoms with Crippen molar-refractivity contribution >= 4 is 29.0 Å². The maximum atomic E-state index is 13.0. The van der Waals surface area contributed by atoms with Gasteiger partial charge >= 0.3 is 0 Å². The summed E-state index contributed by atoms with van der Waals surface area (Å²) in [6.45, 7) is 1.56. The minimum absolute atomic E-state index is 0.0366. The second kappa shape index (κ2) is 8.41. The van der Waals surface area contributed by atoms with Crippen LogP contribution in [0.2, 0.25) is 0 Å². The lowest BCUT2D eigenvalue weighted by molar-refractivity contribution is -0.123. The van der Waals surface area contributed by atoms with Crippen LogP contribution in [-0.4, -0.2) is 42.2 Å². The number of aliphatic imine (C=N–C) groups is 1. The van der Waals surface area contributed by atoms with Gasteiger partial charge in [-0.1, -0.05) is 30.3 Å². The number of rotatable bonds is 4. The molecule has 0 bridgehead atoms. The smallest absolute Gasteiger partial charge is 0.253 e. The Morgan fingerprint density at radius 2 is 1.73 bits per heavy atom. The number of nitrogens with zero attached hydrogens (tertiary/aromatic N) is 3. The summed E-state index contributed by atoms with van der Waals surface area (Å²) in [4.78, 5) is 32.6. The minimum Gasteiger partial charge on any atom is -0.386 e. The van der Waals surface area contributed by atoms with Crippen molar-refractivity contribution in [1.82, 2.24) is 4.90 Å². The topological polar surface area (TPSA) is 105 Å². The van der Waals surface area contributed by atoms with Gasteiger partial charge in [-0.3, -0.25) is 9.59 Å². The molecule has 2 aromatic rings. The molecule has 2 heterocycles. The fourth-order valence-corrected chi connectivity index (χ4v) is 3.93. The van der Waals surface area contributed by atoms with Crippen LogP contribution in [0.5, 0.6) is 0 Å². The van der Waals surface area contributed by atoms with Crippen LogP contribution in [0.15, 0.2) is 65.8 Å². The molecule has 2 aromatic carbocycles. The van der Waals surface area contributed by atoms with E-state index >= 15 is 0 Å². The van der Waals surface area contributed by atoms with E-state index in [1.165, 1.54) is 0 Å². The van der Waals surface area contributed by atoms with Gasteiger partial charge in [-0.05, 0) is 37.1 Å². The lowest BCUT2D eigenvalue weighted by atomic mass is 9.95. The van der Waals surface area contributed by atoms with Crippen molar-refractivity contribution < 1.29 is 9.59 Å². The van der Waals surface area contributed by atoms with Crippen molar-refractivity contribution in [3.8, 4) is 0 Å². The van der Waals surface area contributed by atoms with Crippen LogP contribution in [0.1, 0.15) is 28.8 Å². The predicted octanol–water partition coefficient (Wildman–Crippen LogP) is 2.20. The van der Waals surface area contributed by atoms with Crippen molar-refractivity contribution in [3.05, 3.63) is 71.9 Å². The maximum Gasteiger partial charge on any atom is 0.253 e. The Bertz CT molecular complexity index is 1010. The van der Waals surface area contributed by atoms with E-state index in [9.17, 15) is 9.59 Å². The quantitative estimate of drug-likeness (QED) is 0.816. The Hall–Kier alpha value is -3.61. The molecular formula is C23H25N5O2. The number of benzene rings is 2. The summed E-state index contributed by atoms with van der Waals surface area (Å²) in [6.07, 6.45) is 2.97. The molecule has 0 aliphatic carbocycles. The summed E-state index contributed by atoms with van der Waals surface area (Å²) in [6, 6.07) is 17.5. The molecular weight excluding hydrogens is 378 g/mol. The maximum absolute atomic E-state index is 13.0. The molecule has 0 unspecified atom stereocenters. The largest absolute Gasteiger partial charge is 0.386 e. The SMILES string of the molecule is NC(=O)C1CCN(C(=O)c2cccc(C3=CN=C(N)CN3c3ccccc3)c2)CC1. The molecule has 0 saturated carbocycles. The molecule has 154 valence electrons. The zero-order valence-corrected chi connectivity index (χ0v) is 16.7. The number of carbonyl (C=O) groups is 2.